The van der Waals surface area contributed by atoms with E-state index in [1.807, 2.05) is 12.5 Å². The molecule has 1 heterocycles. The molecule has 2 rings (SSSR count). The van der Waals surface area contributed by atoms with Gasteiger partial charge >= 0.3 is 0 Å². The largest absolute Gasteiger partial charge is 0.333 e. The Morgan fingerprint density at radius 2 is 2.41 bits per heavy atom. The van der Waals surface area contributed by atoms with Crippen LogP contribution in [0.5, 0.6) is 0 Å². The van der Waals surface area contributed by atoms with Crippen LogP contribution in [0.4, 0.5) is 0 Å². The van der Waals surface area contributed by atoms with E-state index in [4.69, 9.17) is 5.73 Å². The van der Waals surface area contributed by atoms with Gasteiger partial charge in [0.25, 0.3) is 0 Å². The lowest BCUT2D eigenvalue weighted by Crippen LogP contribution is -2.31. The van der Waals surface area contributed by atoms with Gasteiger partial charge in [-0.2, -0.15) is 0 Å². The number of nitrogens with zero attached hydrogens (tertiary/aromatic N) is 2. The van der Waals surface area contributed by atoms with Crippen LogP contribution in [0.3, 0.4) is 0 Å². The summed E-state index contributed by atoms with van der Waals surface area (Å²) in [6, 6.07) is 0.253. The van der Waals surface area contributed by atoms with E-state index in [-0.39, 0.29) is 6.04 Å². The molecule has 1 fully saturated rings. The van der Waals surface area contributed by atoms with Gasteiger partial charge in [-0.15, -0.1) is 0 Å². The van der Waals surface area contributed by atoms with E-state index in [1.165, 1.54) is 25.0 Å². The lowest BCUT2D eigenvalue weighted by atomic mass is 10.2. The fraction of sp³-hybridized carbons (Fsp3) is 0.769. The first-order chi connectivity index (χ1) is 8.35. The van der Waals surface area contributed by atoms with Gasteiger partial charge in [-0.1, -0.05) is 19.8 Å². The summed E-state index contributed by atoms with van der Waals surface area (Å²) in [6.07, 6.45) is 9.11. The van der Waals surface area contributed by atoms with Crippen LogP contribution in [0.2, 0.25) is 0 Å². The number of aryl methyl sites for hydroxylation is 1. The van der Waals surface area contributed by atoms with Gasteiger partial charge in [0, 0.05) is 19.3 Å². The molecule has 0 saturated heterocycles. The van der Waals surface area contributed by atoms with Crippen LogP contribution >= 0.6 is 0 Å². The van der Waals surface area contributed by atoms with Gasteiger partial charge < -0.3 is 15.6 Å². The van der Waals surface area contributed by atoms with Crippen LogP contribution in [0.1, 0.15) is 44.3 Å². The molecule has 0 aliphatic heterocycles. The molecular formula is C13H24N4. The zero-order valence-electron chi connectivity index (χ0n) is 10.7. The summed E-state index contributed by atoms with van der Waals surface area (Å²) in [5, 5.41) is 3.56. The van der Waals surface area contributed by atoms with Crippen molar-refractivity contribution < 1.29 is 0 Å². The summed E-state index contributed by atoms with van der Waals surface area (Å²) < 4.78 is 2.21. The smallest absolute Gasteiger partial charge is 0.0948 e. The standard InChI is InChI=1S/C13H24N4/c1-2-7-17-10-15-9-13(17)12(8-14)16-6-5-11-3-4-11/h9-12,16H,2-8,14H2,1H3. The van der Waals surface area contributed by atoms with Crippen LogP contribution in [0, 0.1) is 5.92 Å². The van der Waals surface area contributed by atoms with Crippen molar-refractivity contribution in [3.05, 3.63) is 18.2 Å². The lowest BCUT2D eigenvalue weighted by molar-refractivity contribution is 0.483. The second-order valence-electron chi connectivity index (χ2n) is 4.99. The minimum atomic E-state index is 0.253. The Morgan fingerprint density at radius 1 is 1.59 bits per heavy atom. The van der Waals surface area contributed by atoms with Crippen molar-refractivity contribution in [2.24, 2.45) is 11.7 Å². The molecule has 1 saturated carbocycles. The van der Waals surface area contributed by atoms with E-state index in [9.17, 15) is 0 Å². The average molecular weight is 236 g/mol. The highest BCUT2D eigenvalue weighted by Crippen LogP contribution is 2.31. The summed E-state index contributed by atoms with van der Waals surface area (Å²) in [5.41, 5.74) is 7.08. The van der Waals surface area contributed by atoms with Gasteiger partial charge in [-0.3, -0.25) is 0 Å². The van der Waals surface area contributed by atoms with Gasteiger partial charge in [0.1, 0.15) is 0 Å². The molecule has 0 amide bonds. The molecule has 4 heteroatoms. The molecule has 4 nitrogen and oxygen atoms in total. The molecule has 0 aromatic carbocycles. The molecule has 0 spiro atoms. The first-order valence-corrected chi connectivity index (χ1v) is 6.78. The number of hydrogen-bond donors (Lipinski definition) is 2. The topological polar surface area (TPSA) is 55.9 Å². The van der Waals surface area contributed by atoms with Crippen LogP contribution in [-0.2, 0) is 6.54 Å². The number of rotatable bonds is 8. The van der Waals surface area contributed by atoms with E-state index in [1.54, 1.807) is 0 Å². The summed E-state index contributed by atoms with van der Waals surface area (Å²) in [4.78, 5) is 4.23. The highest BCUT2D eigenvalue weighted by atomic mass is 15.1. The van der Waals surface area contributed by atoms with Crippen LogP contribution < -0.4 is 11.1 Å². The van der Waals surface area contributed by atoms with Gasteiger partial charge in [-0.05, 0) is 25.3 Å². The van der Waals surface area contributed by atoms with E-state index < -0.39 is 0 Å². The van der Waals surface area contributed by atoms with Gasteiger partial charge in [-0.25, -0.2) is 4.98 Å². The Balaban J connectivity index is 1.87. The SMILES string of the molecule is CCCn1cncc1C(CN)NCCC1CC1. The molecule has 3 N–H and O–H groups in total. The third-order valence-electron chi connectivity index (χ3n) is 3.44. The van der Waals surface area contributed by atoms with Crippen molar-refractivity contribution in [3.8, 4) is 0 Å². The van der Waals surface area contributed by atoms with Crippen LogP contribution in [0.15, 0.2) is 12.5 Å². The highest BCUT2D eigenvalue weighted by molar-refractivity contribution is 5.06. The number of nitrogens with one attached hydrogen (secondary N) is 1. The fourth-order valence-corrected chi connectivity index (χ4v) is 2.23. The first-order valence-electron chi connectivity index (χ1n) is 6.78. The average Bonchev–Trinajstić information content (AvgIpc) is 3.05. The fourth-order valence-electron chi connectivity index (χ4n) is 2.23. The van der Waals surface area contributed by atoms with Crippen LogP contribution in [-0.4, -0.2) is 22.6 Å². The summed E-state index contributed by atoms with van der Waals surface area (Å²) >= 11 is 0. The van der Waals surface area contributed by atoms with Crippen molar-refractivity contribution in [1.82, 2.24) is 14.9 Å². The predicted octanol–water partition coefficient (Wildman–Crippen LogP) is 1.68. The van der Waals surface area contributed by atoms with Crippen molar-refractivity contribution in [2.75, 3.05) is 13.1 Å². The maximum Gasteiger partial charge on any atom is 0.0948 e. The second-order valence-corrected chi connectivity index (χ2v) is 4.99. The zero-order valence-corrected chi connectivity index (χ0v) is 10.7. The van der Waals surface area contributed by atoms with Crippen molar-refractivity contribution in [1.29, 1.82) is 0 Å². The Morgan fingerprint density at radius 3 is 3.06 bits per heavy atom. The third kappa shape index (κ3) is 3.54. The molecule has 1 aliphatic rings. The minimum absolute atomic E-state index is 0.253. The number of hydrogen-bond acceptors (Lipinski definition) is 3. The molecule has 1 aliphatic carbocycles. The maximum atomic E-state index is 5.86. The van der Waals surface area contributed by atoms with E-state index in [0.717, 1.165) is 25.4 Å². The minimum Gasteiger partial charge on any atom is -0.333 e. The molecule has 1 aromatic rings. The summed E-state index contributed by atoms with van der Waals surface area (Å²) in [5.74, 6) is 0.974. The monoisotopic (exact) mass is 236 g/mol. The van der Waals surface area contributed by atoms with Crippen molar-refractivity contribution in [3.63, 3.8) is 0 Å². The van der Waals surface area contributed by atoms with Gasteiger partial charge in [0.05, 0.1) is 18.1 Å². The van der Waals surface area contributed by atoms with Crippen LogP contribution in [0.25, 0.3) is 0 Å². The quantitative estimate of drug-likeness (QED) is 0.722. The summed E-state index contributed by atoms with van der Waals surface area (Å²) in [7, 11) is 0. The Hall–Kier alpha value is -0.870. The Bertz CT molecular complexity index is 330. The molecular weight excluding hydrogens is 212 g/mol. The Kier molecular flexibility index (Phi) is 4.57. The predicted molar refractivity (Wildman–Crippen MR) is 69.7 cm³/mol. The molecule has 1 atom stereocenters. The van der Waals surface area contributed by atoms with E-state index in [0.29, 0.717) is 6.54 Å². The number of aromatic nitrogens is 2. The molecule has 0 bridgehead atoms. The van der Waals surface area contributed by atoms with Crippen molar-refractivity contribution >= 4 is 0 Å². The molecule has 1 unspecified atom stereocenters. The number of nitrogens with two attached hydrogens (primary N) is 1. The van der Waals surface area contributed by atoms with E-state index >= 15 is 0 Å². The summed E-state index contributed by atoms with van der Waals surface area (Å²) in [6.45, 7) is 4.92. The molecule has 0 radical (unpaired) electrons. The molecule has 1 aromatic heterocycles. The highest BCUT2D eigenvalue weighted by Gasteiger charge is 2.21. The molecule has 96 valence electrons. The maximum absolute atomic E-state index is 5.86. The number of imidazole rings is 1. The molecule has 17 heavy (non-hydrogen) atoms. The van der Waals surface area contributed by atoms with Gasteiger partial charge in [0.2, 0.25) is 0 Å². The third-order valence-corrected chi connectivity index (χ3v) is 3.44. The normalized spacial score (nSPS) is 17.3. The zero-order chi connectivity index (χ0) is 12.1. The van der Waals surface area contributed by atoms with Crippen molar-refractivity contribution in [2.45, 2.75) is 45.2 Å². The second kappa shape index (κ2) is 6.17. The Labute approximate surface area is 104 Å². The van der Waals surface area contributed by atoms with Gasteiger partial charge in [0.15, 0.2) is 0 Å². The lowest BCUT2D eigenvalue weighted by Gasteiger charge is -2.18. The van der Waals surface area contributed by atoms with E-state index in [2.05, 4.69) is 21.8 Å². The first kappa shape index (κ1) is 12.6.